The van der Waals surface area contributed by atoms with E-state index in [0.29, 0.717) is 11.1 Å². The number of halogens is 3. The summed E-state index contributed by atoms with van der Waals surface area (Å²) in [6.07, 6.45) is -4.28. The Hall–Kier alpha value is -2.82. The molecule has 0 saturated carbocycles. The molecule has 1 atom stereocenters. The van der Waals surface area contributed by atoms with E-state index in [4.69, 9.17) is 0 Å². The van der Waals surface area contributed by atoms with Crippen LogP contribution >= 0.6 is 0 Å². The van der Waals surface area contributed by atoms with Gasteiger partial charge in [-0.25, -0.2) is 0 Å². The highest BCUT2D eigenvalue weighted by atomic mass is 19.4. The second kappa shape index (κ2) is 6.59. The van der Waals surface area contributed by atoms with Crippen molar-refractivity contribution in [3.63, 3.8) is 0 Å². The van der Waals surface area contributed by atoms with Crippen LogP contribution in [-0.2, 0) is 17.4 Å². The van der Waals surface area contributed by atoms with Gasteiger partial charge in [-0.2, -0.15) is 13.2 Å². The molecule has 25 heavy (non-hydrogen) atoms. The van der Waals surface area contributed by atoms with Crippen molar-refractivity contribution in [2.45, 2.75) is 18.5 Å². The van der Waals surface area contributed by atoms with Gasteiger partial charge in [0, 0.05) is 0 Å². The average molecular weight is 344 g/mol. The lowest BCUT2D eigenvalue weighted by atomic mass is 9.88. The minimum Gasteiger partial charge on any atom is -0.481 e. The molecule has 0 saturated heterocycles. The van der Waals surface area contributed by atoms with E-state index in [1.807, 2.05) is 30.3 Å². The average Bonchev–Trinajstić information content (AvgIpc) is 2.59. The minimum absolute atomic E-state index is 0.126. The van der Waals surface area contributed by atoms with Crippen LogP contribution in [0.2, 0.25) is 0 Å². The first-order valence-corrected chi connectivity index (χ1v) is 7.73. The molecule has 3 aromatic carbocycles. The van der Waals surface area contributed by atoms with Crippen LogP contribution in [-0.4, -0.2) is 11.1 Å². The molecule has 1 unspecified atom stereocenters. The van der Waals surface area contributed by atoms with Crippen molar-refractivity contribution in [2.75, 3.05) is 0 Å². The summed E-state index contributed by atoms with van der Waals surface area (Å²) in [5.41, 5.74) is 0.465. The summed E-state index contributed by atoms with van der Waals surface area (Å²) in [5, 5.41) is 11.4. The van der Waals surface area contributed by atoms with Crippen LogP contribution in [0.15, 0.2) is 66.7 Å². The van der Waals surface area contributed by atoms with E-state index in [1.165, 1.54) is 12.1 Å². The van der Waals surface area contributed by atoms with Gasteiger partial charge in [0.1, 0.15) is 0 Å². The maximum Gasteiger partial charge on any atom is 0.416 e. The van der Waals surface area contributed by atoms with Gasteiger partial charge in [-0.15, -0.1) is 0 Å². The van der Waals surface area contributed by atoms with Gasteiger partial charge in [0.2, 0.25) is 0 Å². The molecular formula is C20H15F3O2. The summed E-state index contributed by atoms with van der Waals surface area (Å²) in [6, 6.07) is 17.5. The Morgan fingerprint density at radius 1 is 0.920 bits per heavy atom. The summed E-state index contributed by atoms with van der Waals surface area (Å²) in [5.74, 6) is -1.83. The maximum absolute atomic E-state index is 12.7. The number of carboxylic acid groups (broad SMARTS) is 1. The van der Waals surface area contributed by atoms with E-state index in [9.17, 15) is 23.1 Å². The summed E-state index contributed by atoms with van der Waals surface area (Å²) in [6.45, 7) is 0. The zero-order valence-corrected chi connectivity index (χ0v) is 13.1. The number of carbonyl (C=O) groups is 1. The molecule has 0 aromatic heterocycles. The standard InChI is InChI=1S/C20H15F3O2/c21-20(22,23)15-10-8-13(9-11-15)12-18(19(24)25)17-7-3-5-14-4-1-2-6-16(14)17/h1-11,18H,12H2,(H,24,25). The third kappa shape index (κ3) is 3.65. The van der Waals surface area contributed by atoms with Crippen LogP contribution < -0.4 is 0 Å². The van der Waals surface area contributed by atoms with Crippen molar-refractivity contribution in [2.24, 2.45) is 0 Å². The Labute approximate surface area is 142 Å². The molecule has 2 nitrogen and oxygen atoms in total. The topological polar surface area (TPSA) is 37.3 Å². The van der Waals surface area contributed by atoms with Crippen LogP contribution in [0.4, 0.5) is 13.2 Å². The molecule has 0 bridgehead atoms. The largest absolute Gasteiger partial charge is 0.481 e. The monoisotopic (exact) mass is 344 g/mol. The molecule has 0 aliphatic heterocycles. The number of benzene rings is 3. The Kier molecular flexibility index (Phi) is 4.49. The lowest BCUT2D eigenvalue weighted by Crippen LogP contribution is -2.15. The van der Waals surface area contributed by atoms with E-state index in [0.717, 1.165) is 22.9 Å². The van der Waals surface area contributed by atoms with Gasteiger partial charge in [0.05, 0.1) is 11.5 Å². The van der Waals surface area contributed by atoms with Crippen LogP contribution in [0.25, 0.3) is 10.8 Å². The third-order valence-electron chi connectivity index (χ3n) is 4.22. The zero-order valence-electron chi connectivity index (χ0n) is 13.1. The van der Waals surface area contributed by atoms with Crippen LogP contribution in [0.1, 0.15) is 22.6 Å². The van der Waals surface area contributed by atoms with Gasteiger partial charge in [0.15, 0.2) is 0 Å². The number of aliphatic carboxylic acids is 1. The molecular weight excluding hydrogens is 329 g/mol. The quantitative estimate of drug-likeness (QED) is 0.700. The predicted molar refractivity (Wildman–Crippen MR) is 89.5 cm³/mol. The second-order valence-electron chi connectivity index (χ2n) is 5.86. The number of alkyl halides is 3. The first-order chi connectivity index (χ1) is 11.9. The van der Waals surface area contributed by atoms with Crippen LogP contribution in [0, 0.1) is 0 Å². The van der Waals surface area contributed by atoms with Gasteiger partial charge in [-0.3, -0.25) is 4.79 Å². The van der Waals surface area contributed by atoms with Crippen molar-refractivity contribution in [1.82, 2.24) is 0 Å². The molecule has 0 radical (unpaired) electrons. The van der Waals surface area contributed by atoms with Gasteiger partial charge in [-0.05, 0) is 40.5 Å². The summed E-state index contributed by atoms with van der Waals surface area (Å²) < 4.78 is 38.0. The highest BCUT2D eigenvalue weighted by Crippen LogP contribution is 2.31. The molecule has 0 aliphatic carbocycles. The minimum atomic E-state index is -4.40. The van der Waals surface area contributed by atoms with Gasteiger partial charge < -0.3 is 5.11 Å². The molecule has 128 valence electrons. The molecule has 0 aliphatic rings. The number of carboxylic acids is 1. The van der Waals surface area contributed by atoms with E-state index < -0.39 is 23.6 Å². The SMILES string of the molecule is O=C(O)C(Cc1ccc(C(F)(F)F)cc1)c1cccc2ccccc12. The molecule has 0 amide bonds. The summed E-state index contributed by atoms with van der Waals surface area (Å²) in [7, 11) is 0. The second-order valence-corrected chi connectivity index (χ2v) is 5.86. The van der Waals surface area contributed by atoms with Crippen molar-refractivity contribution >= 4 is 16.7 Å². The number of hydrogen-bond donors (Lipinski definition) is 1. The summed E-state index contributed by atoms with van der Waals surface area (Å²) in [4.78, 5) is 11.8. The fourth-order valence-electron chi connectivity index (χ4n) is 2.95. The van der Waals surface area contributed by atoms with Crippen molar-refractivity contribution < 1.29 is 23.1 Å². The first-order valence-electron chi connectivity index (χ1n) is 7.73. The predicted octanol–water partition coefficient (Wildman–Crippen LogP) is 5.27. The van der Waals surface area contributed by atoms with Crippen molar-refractivity contribution in [3.8, 4) is 0 Å². The Bertz CT molecular complexity index is 893. The molecule has 1 N–H and O–H groups in total. The maximum atomic E-state index is 12.7. The Morgan fingerprint density at radius 3 is 2.20 bits per heavy atom. The zero-order chi connectivity index (χ0) is 18.0. The normalized spacial score (nSPS) is 12.9. The molecule has 0 fully saturated rings. The van der Waals surface area contributed by atoms with Crippen LogP contribution in [0.5, 0.6) is 0 Å². The molecule has 0 heterocycles. The number of hydrogen-bond acceptors (Lipinski definition) is 1. The molecule has 3 aromatic rings. The fourth-order valence-corrected chi connectivity index (χ4v) is 2.95. The van der Waals surface area contributed by atoms with Crippen LogP contribution in [0.3, 0.4) is 0 Å². The molecule has 5 heteroatoms. The summed E-state index contributed by atoms with van der Waals surface area (Å²) >= 11 is 0. The highest BCUT2D eigenvalue weighted by molar-refractivity contribution is 5.90. The highest BCUT2D eigenvalue weighted by Gasteiger charge is 2.30. The van der Waals surface area contributed by atoms with E-state index in [-0.39, 0.29) is 6.42 Å². The third-order valence-corrected chi connectivity index (χ3v) is 4.22. The number of fused-ring (bicyclic) bond motifs is 1. The smallest absolute Gasteiger partial charge is 0.416 e. The lowest BCUT2D eigenvalue weighted by Gasteiger charge is -2.16. The van der Waals surface area contributed by atoms with Gasteiger partial charge in [-0.1, -0.05) is 54.6 Å². The number of rotatable bonds is 4. The van der Waals surface area contributed by atoms with E-state index >= 15 is 0 Å². The lowest BCUT2D eigenvalue weighted by molar-refractivity contribution is -0.139. The van der Waals surface area contributed by atoms with Crippen molar-refractivity contribution in [3.05, 3.63) is 83.4 Å². The van der Waals surface area contributed by atoms with Crippen molar-refractivity contribution in [1.29, 1.82) is 0 Å². The van der Waals surface area contributed by atoms with Gasteiger partial charge in [0.25, 0.3) is 0 Å². The first kappa shape index (κ1) is 17.0. The van der Waals surface area contributed by atoms with Gasteiger partial charge >= 0.3 is 12.1 Å². The molecule has 0 spiro atoms. The molecule has 3 rings (SSSR count). The Morgan fingerprint density at radius 2 is 1.56 bits per heavy atom. The fraction of sp³-hybridized carbons (Fsp3) is 0.150. The van der Waals surface area contributed by atoms with E-state index in [2.05, 4.69) is 0 Å². The Balaban J connectivity index is 1.96. The van der Waals surface area contributed by atoms with E-state index in [1.54, 1.807) is 12.1 Å².